The number of carbonyl (C=O) groups is 2. The number of hydrogen-bond donors (Lipinski definition) is 1. The van der Waals surface area contributed by atoms with Crippen LogP contribution < -0.4 is 5.32 Å². The van der Waals surface area contributed by atoms with E-state index in [1.54, 1.807) is 12.1 Å². The molecule has 0 unspecified atom stereocenters. The van der Waals surface area contributed by atoms with E-state index >= 15 is 0 Å². The SMILES string of the molecule is O=Cc1ccc(-c2ccc(CC(=O)NC3CC3)cc2)o1. The van der Waals surface area contributed by atoms with Crippen molar-refractivity contribution in [3.05, 3.63) is 47.7 Å². The first-order chi connectivity index (χ1) is 9.74. The molecule has 2 aromatic rings. The van der Waals surface area contributed by atoms with Gasteiger partial charge >= 0.3 is 0 Å². The summed E-state index contributed by atoms with van der Waals surface area (Å²) in [4.78, 5) is 22.3. The van der Waals surface area contributed by atoms with Crippen molar-refractivity contribution in [3.8, 4) is 11.3 Å². The fourth-order valence-corrected chi connectivity index (χ4v) is 2.05. The van der Waals surface area contributed by atoms with Crippen LogP contribution in [0.2, 0.25) is 0 Å². The summed E-state index contributed by atoms with van der Waals surface area (Å²) >= 11 is 0. The van der Waals surface area contributed by atoms with E-state index in [0.29, 0.717) is 30.3 Å². The van der Waals surface area contributed by atoms with Crippen LogP contribution in [0.1, 0.15) is 29.0 Å². The molecular formula is C16H15NO3. The number of benzene rings is 1. The first-order valence-electron chi connectivity index (χ1n) is 6.68. The molecule has 0 bridgehead atoms. The Morgan fingerprint density at radius 3 is 2.55 bits per heavy atom. The van der Waals surface area contributed by atoms with Crippen molar-refractivity contribution in [3.63, 3.8) is 0 Å². The highest BCUT2D eigenvalue weighted by atomic mass is 16.3. The van der Waals surface area contributed by atoms with Crippen molar-refractivity contribution in [2.45, 2.75) is 25.3 Å². The Labute approximate surface area is 116 Å². The second-order valence-corrected chi connectivity index (χ2v) is 5.04. The lowest BCUT2D eigenvalue weighted by atomic mass is 10.1. The molecule has 0 atom stereocenters. The summed E-state index contributed by atoms with van der Waals surface area (Å²) in [6.45, 7) is 0. The molecule has 1 aliphatic rings. The van der Waals surface area contributed by atoms with Crippen molar-refractivity contribution >= 4 is 12.2 Å². The van der Waals surface area contributed by atoms with Gasteiger partial charge in [-0.3, -0.25) is 9.59 Å². The average Bonchev–Trinajstić information content (AvgIpc) is 3.13. The minimum atomic E-state index is 0.0708. The third kappa shape index (κ3) is 2.96. The summed E-state index contributed by atoms with van der Waals surface area (Å²) in [6.07, 6.45) is 3.28. The Hall–Kier alpha value is -2.36. The standard InChI is InChI=1S/C16H15NO3/c18-10-14-7-8-15(20-14)12-3-1-11(2-4-12)9-16(19)17-13-5-6-13/h1-4,7-8,10,13H,5-6,9H2,(H,17,19). The highest BCUT2D eigenvalue weighted by molar-refractivity contribution is 5.79. The topological polar surface area (TPSA) is 59.3 Å². The Morgan fingerprint density at radius 2 is 1.95 bits per heavy atom. The first-order valence-corrected chi connectivity index (χ1v) is 6.68. The number of rotatable bonds is 5. The molecule has 1 N–H and O–H groups in total. The van der Waals surface area contributed by atoms with Gasteiger partial charge in [-0.2, -0.15) is 0 Å². The van der Waals surface area contributed by atoms with Gasteiger partial charge in [0.1, 0.15) is 5.76 Å². The van der Waals surface area contributed by atoms with Crippen LogP contribution in [0.4, 0.5) is 0 Å². The molecular weight excluding hydrogens is 254 g/mol. The summed E-state index contributed by atoms with van der Waals surface area (Å²) in [6, 6.07) is 11.4. The molecule has 20 heavy (non-hydrogen) atoms. The molecule has 3 rings (SSSR count). The maximum absolute atomic E-state index is 11.7. The smallest absolute Gasteiger partial charge is 0.224 e. The highest BCUT2D eigenvalue weighted by Crippen LogP contribution is 2.22. The number of amides is 1. The van der Waals surface area contributed by atoms with Crippen LogP contribution in [0.3, 0.4) is 0 Å². The number of hydrogen-bond acceptors (Lipinski definition) is 3. The second kappa shape index (κ2) is 5.33. The number of aldehydes is 1. The van der Waals surface area contributed by atoms with E-state index in [2.05, 4.69) is 5.32 Å². The van der Waals surface area contributed by atoms with Crippen molar-refractivity contribution in [2.24, 2.45) is 0 Å². The molecule has 1 heterocycles. The van der Waals surface area contributed by atoms with Crippen LogP contribution in [0.15, 0.2) is 40.8 Å². The Kier molecular flexibility index (Phi) is 3.37. The third-order valence-electron chi connectivity index (χ3n) is 3.29. The van der Waals surface area contributed by atoms with Gasteiger partial charge in [0.05, 0.1) is 6.42 Å². The van der Waals surface area contributed by atoms with Crippen LogP contribution in [0.25, 0.3) is 11.3 Å². The zero-order valence-corrected chi connectivity index (χ0v) is 11.0. The van der Waals surface area contributed by atoms with Crippen LogP contribution in [-0.2, 0) is 11.2 Å². The average molecular weight is 269 g/mol. The first kappa shape index (κ1) is 12.7. The van der Waals surface area contributed by atoms with Crippen molar-refractivity contribution < 1.29 is 14.0 Å². The highest BCUT2D eigenvalue weighted by Gasteiger charge is 2.23. The van der Waals surface area contributed by atoms with Crippen LogP contribution >= 0.6 is 0 Å². The second-order valence-electron chi connectivity index (χ2n) is 5.04. The lowest BCUT2D eigenvalue weighted by molar-refractivity contribution is -0.120. The van der Waals surface area contributed by atoms with Gasteiger partial charge in [-0.05, 0) is 30.5 Å². The summed E-state index contributed by atoms with van der Waals surface area (Å²) in [7, 11) is 0. The molecule has 4 nitrogen and oxygen atoms in total. The molecule has 1 aromatic carbocycles. The summed E-state index contributed by atoms with van der Waals surface area (Å²) in [5.41, 5.74) is 1.86. The molecule has 0 saturated heterocycles. The third-order valence-corrected chi connectivity index (χ3v) is 3.29. The van der Waals surface area contributed by atoms with Crippen LogP contribution in [-0.4, -0.2) is 18.2 Å². The minimum Gasteiger partial charge on any atom is -0.453 e. The van der Waals surface area contributed by atoms with E-state index in [1.165, 1.54) is 0 Å². The Morgan fingerprint density at radius 1 is 1.20 bits per heavy atom. The monoisotopic (exact) mass is 269 g/mol. The maximum atomic E-state index is 11.7. The summed E-state index contributed by atoms with van der Waals surface area (Å²) in [5.74, 6) is 1.04. The zero-order valence-electron chi connectivity index (χ0n) is 11.0. The van der Waals surface area contributed by atoms with Gasteiger partial charge in [0.2, 0.25) is 5.91 Å². The molecule has 1 aliphatic carbocycles. The number of carbonyl (C=O) groups excluding carboxylic acids is 2. The lowest BCUT2D eigenvalue weighted by Gasteiger charge is -2.04. The van der Waals surface area contributed by atoms with E-state index in [0.717, 1.165) is 24.0 Å². The summed E-state index contributed by atoms with van der Waals surface area (Å²) in [5, 5.41) is 2.96. The zero-order chi connectivity index (χ0) is 13.9. The quantitative estimate of drug-likeness (QED) is 0.849. The van der Waals surface area contributed by atoms with E-state index in [9.17, 15) is 9.59 Å². The van der Waals surface area contributed by atoms with Gasteiger partial charge in [-0.1, -0.05) is 24.3 Å². The fraction of sp³-hybridized carbons (Fsp3) is 0.250. The molecule has 1 aromatic heterocycles. The van der Waals surface area contributed by atoms with Gasteiger partial charge in [0.25, 0.3) is 0 Å². The predicted octanol–water partition coefficient (Wildman–Crippen LogP) is 2.58. The van der Waals surface area contributed by atoms with Crippen molar-refractivity contribution in [1.82, 2.24) is 5.32 Å². The predicted molar refractivity (Wildman–Crippen MR) is 74.4 cm³/mol. The van der Waals surface area contributed by atoms with Crippen LogP contribution in [0.5, 0.6) is 0 Å². The van der Waals surface area contributed by atoms with E-state index in [-0.39, 0.29) is 5.91 Å². The maximum Gasteiger partial charge on any atom is 0.224 e. The van der Waals surface area contributed by atoms with Crippen molar-refractivity contribution in [2.75, 3.05) is 0 Å². The summed E-state index contributed by atoms with van der Waals surface area (Å²) < 4.78 is 5.35. The van der Waals surface area contributed by atoms with E-state index in [4.69, 9.17) is 4.42 Å². The number of furan rings is 1. The van der Waals surface area contributed by atoms with Gasteiger partial charge in [0, 0.05) is 11.6 Å². The number of nitrogens with one attached hydrogen (secondary N) is 1. The van der Waals surface area contributed by atoms with Gasteiger partial charge in [-0.15, -0.1) is 0 Å². The molecule has 1 saturated carbocycles. The van der Waals surface area contributed by atoms with E-state index < -0.39 is 0 Å². The molecule has 4 heteroatoms. The molecule has 0 aliphatic heterocycles. The Balaban J connectivity index is 1.67. The lowest BCUT2D eigenvalue weighted by Crippen LogP contribution is -2.26. The van der Waals surface area contributed by atoms with Crippen molar-refractivity contribution in [1.29, 1.82) is 0 Å². The molecule has 1 fully saturated rings. The Bertz CT molecular complexity index is 623. The van der Waals surface area contributed by atoms with Gasteiger partial charge in [-0.25, -0.2) is 0 Å². The largest absolute Gasteiger partial charge is 0.453 e. The molecule has 102 valence electrons. The van der Waals surface area contributed by atoms with Gasteiger partial charge < -0.3 is 9.73 Å². The minimum absolute atomic E-state index is 0.0708. The molecule has 0 spiro atoms. The normalized spacial score (nSPS) is 14.0. The fourth-order valence-electron chi connectivity index (χ4n) is 2.05. The van der Waals surface area contributed by atoms with Crippen LogP contribution in [0, 0.1) is 0 Å². The molecule has 1 amide bonds. The van der Waals surface area contributed by atoms with Gasteiger partial charge in [0.15, 0.2) is 12.0 Å². The van der Waals surface area contributed by atoms with E-state index in [1.807, 2.05) is 24.3 Å². The molecule has 0 radical (unpaired) electrons.